The van der Waals surface area contributed by atoms with Gasteiger partial charge in [0.25, 0.3) is 0 Å². The number of aliphatic hydroxyl groups is 1. The predicted molar refractivity (Wildman–Crippen MR) is 117 cm³/mol. The first-order chi connectivity index (χ1) is 13.1. The van der Waals surface area contributed by atoms with E-state index in [1.807, 2.05) is 20.8 Å². The van der Waals surface area contributed by atoms with Gasteiger partial charge < -0.3 is 15.2 Å². The maximum absolute atomic E-state index is 11.8. The second-order valence-electron chi connectivity index (χ2n) is 9.09. The highest BCUT2D eigenvalue weighted by molar-refractivity contribution is 5.67. The number of ether oxygens (including phenoxy) is 1. The highest BCUT2D eigenvalue weighted by Crippen LogP contribution is 2.27. The van der Waals surface area contributed by atoms with Gasteiger partial charge in [-0.15, -0.1) is 0 Å². The Morgan fingerprint density at radius 2 is 1.79 bits per heavy atom. The molecule has 4 nitrogen and oxygen atoms in total. The van der Waals surface area contributed by atoms with Crippen LogP contribution in [-0.4, -0.2) is 28.9 Å². The molecule has 0 aromatic heterocycles. The molecule has 0 aliphatic heterocycles. The largest absolute Gasteiger partial charge is 0.444 e. The number of benzene rings is 1. The van der Waals surface area contributed by atoms with Gasteiger partial charge in [0.2, 0.25) is 0 Å². The predicted octanol–water partition coefficient (Wildman–Crippen LogP) is 5.97. The Balaban J connectivity index is 2.56. The molecular formula is C24H41NO3. The van der Waals surface area contributed by atoms with E-state index in [0.717, 1.165) is 44.9 Å². The van der Waals surface area contributed by atoms with Crippen molar-refractivity contribution in [3.8, 4) is 0 Å². The van der Waals surface area contributed by atoms with Crippen molar-refractivity contribution in [1.82, 2.24) is 5.32 Å². The number of aryl methyl sites for hydroxylation is 1. The highest BCUT2D eigenvalue weighted by atomic mass is 16.6. The van der Waals surface area contributed by atoms with Crippen molar-refractivity contribution < 1.29 is 14.6 Å². The van der Waals surface area contributed by atoms with Gasteiger partial charge in [-0.1, -0.05) is 57.9 Å². The van der Waals surface area contributed by atoms with E-state index in [9.17, 15) is 9.90 Å². The highest BCUT2D eigenvalue weighted by Gasteiger charge is 2.24. The molecule has 0 heterocycles. The summed E-state index contributed by atoms with van der Waals surface area (Å²) in [5.74, 6) is 0.347. The molecule has 0 saturated heterocycles. The van der Waals surface area contributed by atoms with E-state index in [2.05, 4.69) is 50.4 Å². The summed E-state index contributed by atoms with van der Waals surface area (Å²) in [5.41, 5.74) is 1.54. The molecule has 1 aromatic rings. The van der Waals surface area contributed by atoms with Gasteiger partial charge in [0.15, 0.2) is 0 Å². The monoisotopic (exact) mass is 391 g/mol. The van der Waals surface area contributed by atoms with Crippen molar-refractivity contribution >= 4 is 6.09 Å². The van der Waals surface area contributed by atoms with Crippen LogP contribution in [0.25, 0.3) is 0 Å². The molecule has 0 fully saturated rings. The van der Waals surface area contributed by atoms with Gasteiger partial charge in [0, 0.05) is 6.54 Å². The van der Waals surface area contributed by atoms with Gasteiger partial charge in [0.1, 0.15) is 5.60 Å². The minimum absolute atomic E-state index is 0.347. The molecule has 0 aliphatic carbocycles. The fourth-order valence-corrected chi connectivity index (χ4v) is 3.61. The van der Waals surface area contributed by atoms with Crippen LogP contribution in [0.2, 0.25) is 0 Å². The first-order valence-electron chi connectivity index (χ1n) is 10.9. The van der Waals surface area contributed by atoms with Crippen LogP contribution in [0, 0.1) is 0 Å². The Morgan fingerprint density at radius 3 is 2.36 bits per heavy atom. The van der Waals surface area contributed by atoms with Crippen LogP contribution >= 0.6 is 0 Å². The fourth-order valence-electron chi connectivity index (χ4n) is 3.61. The second-order valence-corrected chi connectivity index (χ2v) is 9.09. The molecule has 1 aromatic carbocycles. The summed E-state index contributed by atoms with van der Waals surface area (Å²) in [6.45, 7) is 12.6. The van der Waals surface area contributed by atoms with Gasteiger partial charge in [-0.3, -0.25) is 0 Å². The molecule has 0 bridgehead atoms. The van der Waals surface area contributed by atoms with Crippen molar-refractivity contribution in [1.29, 1.82) is 0 Å². The summed E-state index contributed by atoms with van der Waals surface area (Å²) in [5, 5.41) is 13.7. The zero-order valence-electron chi connectivity index (χ0n) is 18.8. The second kappa shape index (κ2) is 11.5. The number of amides is 1. The molecule has 1 rings (SSSR count). The average Bonchev–Trinajstić information content (AvgIpc) is 2.59. The number of carbonyl (C=O) groups is 1. The molecule has 0 radical (unpaired) electrons. The Labute approximate surface area is 172 Å². The number of carbonyl (C=O) groups excluding carboxylic acids is 1. The molecule has 1 unspecified atom stereocenters. The molecule has 1 atom stereocenters. The quantitative estimate of drug-likeness (QED) is 0.488. The first-order valence-corrected chi connectivity index (χ1v) is 10.9. The lowest BCUT2D eigenvalue weighted by Gasteiger charge is -2.27. The van der Waals surface area contributed by atoms with E-state index in [1.54, 1.807) is 0 Å². The summed E-state index contributed by atoms with van der Waals surface area (Å²) in [6, 6.07) is 8.64. The van der Waals surface area contributed by atoms with Crippen molar-refractivity contribution in [2.75, 3.05) is 6.54 Å². The maximum Gasteiger partial charge on any atom is 0.407 e. The van der Waals surface area contributed by atoms with Crippen molar-refractivity contribution in [2.45, 2.75) is 104 Å². The van der Waals surface area contributed by atoms with E-state index in [0.29, 0.717) is 12.5 Å². The third-order valence-corrected chi connectivity index (χ3v) is 5.08. The van der Waals surface area contributed by atoms with Crippen LogP contribution in [0.3, 0.4) is 0 Å². The van der Waals surface area contributed by atoms with E-state index in [4.69, 9.17) is 4.74 Å². The van der Waals surface area contributed by atoms with Crippen molar-refractivity contribution in [3.63, 3.8) is 0 Å². The first kappa shape index (κ1) is 24.5. The van der Waals surface area contributed by atoms with Crippen LogP contribution in [0.15, 0.2) is 24.3 Å². The Bertz CT molecular complexity index is 586. The smallest absolute Gasteiger partial charge is 0.407 e. The SMILES string of the molecule is CCCC(O)(CCC)CCc1cccc(C(C)CCNC(=O)OC(C)(C)C)c1. The number of hydrogen-bond acceptors (Lipinski definition) is 3. The third-order valence-electron chi connectivity index (χ3n) is 5.08. The lowest BCUT2D eigenvalue weighted by Crippen LogP contribution is -2.33. The van der Waals surface area contributed by atoms with Gasteiger partial charge in [0.05, 0.1) is 5.60 Å². The van der Waals surface area contributed by atoms with Crippen LogP contribution in [0.4, 0.5) is 4.79 Å². The van der Waals surface area contributed by atoms with Crippen molar-refractivity contribution in [3.05, 3.63) is 35.4 Å². The summed E-state index contributed by atoms with van der Waals surface area (Å²) >= 11 is 0. The Morgan fingerprint density at radius 1 is 1.14 bits per heavy atom. The van der Waals surface area contributed by atoms with Crippen LogP contribution < -0.4 is 5.32 Å². The normalized spacial score (nSPS) is 13.2. The number of hydrogen-bond donors (Lipinski definition) is 2. The van der Waals surface area contributed by atoms with Crippen molar-refractivity contribution in [2.24, 2.45) is 0 Å². The van der Waals surface area contributed by atoms with Crippen LogP contribution in [-0.2, 0) is 11.2 Å². The molecule has 0 saturated carbocycles. The summed E-state index contributed by atoms with van der Waals surface area (Å²) in [6.07, 6.45) is 5.97. The minimum atomic E-state index is -0.539. The molecule has 2 N–H and O–H groups in total. The third kappa shape index (κ3) is 9.59. The van der Waals surface area contributed by atoms with E-state index < -0.39 is 11.2 Å². The van der Waals surface area contributed by atoms with Gasteiger partial charge >= 0.3 is 6.09 Å². The zero-order valence-corrected chi connectivity index (χ0v) is 18.8. The molecular weight excluding hydrogens is 350 g/mol. The maximum atomic E-state index is 11.8. The van der Waals surface area contributed by atoms with E-state index >= 15 is 0 Å². The van der Waals surface area contributed by atoms with Crippen LogP contribution in [0.5, 0.6) is 0 Å². The van der Waals surface area contributed by atoms with Gasteiger partial charge in [-0.25, -0.2) is 4.79 Å². The Kier molecular flexibility index (Phi) is 10.0. The zero-order chi connectivity index (χ0) is 21.2. The Hall–Kier alpha value is -1.55. The number of nitrogens with one attached hydrogen (secondary N) is 1. The lowest BCUT2D eigenvalue weighted by atomic mass is 9.86. The molecule has 28 heavy (non-hydrogen) atoms. The fraction of sp³-hybridized carbons (Fsp3) is 0.708. The molecule has 0 aliphatic rings. The van der Waals surface area contributed by atoms with Gasteiger partial charge in [-0.05, 0) is 69.9 Å². The van der Waals surface area contributed by atoms with E-state index in [1.165, 1.54) is 11.1 Å². The summed E-state index contributed by atoms with van der Waals surface area (Å²) in [4.78, 5) is 11.8. The average molecular weight is 392 g/mol. The molecule has 1 amide bonds. The number of rotatable bonds is 11. The standard InChI is InChI=1S/C24H41NO3/c1-7-14-24(27,15-8-2)16-12-20-10-9-11-21(18-20)19(3)13-17-25-22(26)28-23(4,5)6/h9-11,18-19,27H,7-8,12-17H2,1-6H3,(H,25,26). The topological polar surface area (TPSA) is 58.6 Å². The molecule has 4 heteroatoms. The lowest BCUT2D eigenvalue weighted by molar-refractivity contribution is 0.0132. The van der Waals surface area contributed by atoms with Gasteiger partial charge in [-0.2, -0.15) is 0 Å². The molecule has 160 valence electrons. The number of alkyl carbamates (subject to hydrolysis) is 1. The summed E-state index contributed by atoms with van der Waals surface area (Å²) in [7, 11) is 0. The van der Waals surface area contributed by atoms with E-state index in [-0.39, 0.29) is 6.09 Å². The minimum Gasteiger partial charge on any atom is -0.444 e. The van der Waals surface area contributed by atoms with Crippen LogP contribution in [0.1, 0.15) is 97.1 Å². The molecule has 0 spiro atoms. The summed E-state index contributed by atoms with van der Waals surface area (Å²) < 4.78 is 5.27.